The molecule has 3 nitrogen and oxygen atoms in total. The Hall–Kier alpha value is -0.860. The number of nitrogens with zero attached hydrogens (tertiary/aromatic N) is 1. The van der Waals surface area contributed by atoms with Crippen LogP contribution >= 0.6 is 0 Å². The van der Waals surface area contributed by atoms with Gasteiger partial charge in [0.25, 0.3) is 5.91 Å². The summed E-state index contributed by atoms with van der Waals surface area (Å²) in [6, 6.07) is 0.219. The van der Waals surface area contributed by atoms with Crippen molar-refractivity contribution in [3.8, 4) is 0 Å². The molecular weight excluding hydrogens is 190 g/mol. The van der Waals surface area contributed by atoms with E-state index in [1.165, 1.54) is 19.3 Å². The summed E-state index contributed by atoms with van der Waals surface area (Å²) >= 11 is 0. The van der Waals surface area contributed by atoms with Gasteiger partial charge in [0.15, 0.2) is 0 Å². The summed E-state index contributed by atoms with van der Waals surface area (Å²) < 4.78 is 0. The van der Waals surface area contributed by atoms with Gasteiger partial charge in [0.2, 0.25) is 5.78 Å². The van der Waals surface area contributed by atoms with E-state index in [1.54, 1.807) is 0 Å². The molecule has 84 valence electrons. The Bertz CT molecular complexity index is 279. The quantitative estimate of drug-likeness (QED) is 0.513. The van der Waals surface area contributed by atoms with Crippen LogP contribution in [0, 0.1) is 5.92 Å². The van der Waals surface area contributed by atoms with Gasteiger partial charge >= 0.3 is 0 Å². The Morgan fingerprint density at radius 2 is 1.73 bits per heavy atom. The maximum atomic E-state index is 11.6. The highest BCUT2D eigenvalue weighted by molar-refractivity contribution is 6.44. The predicted molar refractivity (Wildman–Crippen MR) is 57.4 cm³/mol. The zero-order valence-electron chi connectivity index (χ0n) is 9.53. The van der Waals surface area contributed by atoms with Gasteiger partial charge < -0.3 is 4.90 Å². The third kappa shape index (κ3) is 1.68. The molecule has 1 amide bonds. The van der Waals surface area contributed by atoms with E-state index >= 15 is 0 Å². The molecule has 0 radical (unpaired) electrons. The largest absolute Gasteiger partial charge is 0.322 e. The van der Waals surface area contributed by atoms with Crippen LogP contribution in [0.2, 0.25) is 0 Å². The van der Waals surface area contributed by atoms with Crippen LogP contribution in [0.15, 0.2) is 0 Å². The lowest BCUT2D eigenvalue weighted by molar-refractivity contribution is -0.167. The normalized spacial score (nSPS) is 28.5. The van der Waals surface area contributed by atoms with Crippen LogP contribution in [0.25, 0.3) is 0 Å². The lowest BCUT2D eigenvalue weighted by atomic mass is 9.83. The van der Waals surface area contributed by atoms with Gasteiger partial charge in [-0.15, -0.1) is 0 Å². The van der Waals surface area contributed by atoms with Gasteiger partial charge in [0.1, 0.15) is 6.04 Å². The van der Waals surface area contributed by atoms with Gasteiger partial charge in [-0.05, 0) is 18.8 Å². The smallest absolute Gasteiger partial charge is 0.293 e. The van der Waals surface area contributed by atoms with Gasteiger partial charge in [-0.25, -0.2) is 0 Å². The van der Waals surface area contributed by atoms with Crippen molar-refractivity contribution in [2.45, 2.75) is 58.0 Å². The van der Waals surface area contributed by atoms with Gasteiger partial charge in [-0.3, -0.25) is 9.59 Å². The minimum absolute atomic E-state index is 0.124. The molecule has 0 aromatic heterocycles. The number of likely N-dealkylation sites (tertiary alicyclic amines) is 1. The highest BCUT2D eigenvalue weighted by atomic mass is 16.2. The summed E-state index contributed by atoms with van der Waals surface area (Å²) in [5.74, 6) is -0.145. The third-order valence-corrected chi connectivity index (χ3v) is 3.61. The molecule has 2 rings (SSSR count). The van der Waals surface area contributed by atoms with Gasteiger partial charge in [0.05, 0.1) is 0 Å². The monoisotopic (exact) mass is 209 g/mol. The second-order valence-electron chi connectivity index (χ2n) is 5.06. The molecule has 3 heteroatoms. The molecule has 1 aliphatic heterocycles. The number of carbonyl (C=O) groups excluding carboxylic acids is 2. The van der Waals surface area contributed by atoms with Crippen LogP contribution in [-0.2, 0) is 9.59 Å². The Balaban J connectivity index is 2.06. The molecule has 1 saturated heterocycles. The molecule has 15 heavy (non-hydrogen) atoms. The maximum absolute atomic E-state index is 11.6. The van der Waals surface area contributed by atoms with Crippen molar-refractivity contribution in [1.29, 1.82) is 0 Å². The molecule has 1 saturated carbocycles. The summed E-state index contributed by atoms with van der Waals surface area (Å²) in [5, 5.41) is 0. The van der Waals surface area contributed by atoms with Gasteiger partial charge in [0, 0.05) is 6.04 Å². The molecule has 0 N–H and O–H groups in total. The number of amides is 1. The zero-order valence-corrected chi connectivity index (χ0v) is 9.53. The summed E-state index contributed by atoms with van der Waals surface area (Å²) in [7, 11) is 0. The number of hydrogen-bond acceptors (Lipinski definition) is 2. The number of carbonyl (C=O) groups is 2. The Morgan fingerprint density at radius 3 is 2.27 bits per heavy atom. The van der Waals surface area contributed by atoms with E-state index in [9.17, 15) is 9.59 Å². The number of hydrogen-bond donors (Lipinski definition) is 0. The van der Waals surface area contributed by atoms with Crippen molar-refractivity contribution in [3.05, 3.63) is 0 Å². The van der Waals surface area contributed by atoms with E-state index in [2.05, 4.69) is 0 Å². The van der Waals surface area contributed by atoms with E-state index in [0.717, 1.165) is 12.8 Å². The fourth-order valence-corrected chi connectivity index (χ4v) is 2.82. The molecule has 1 unspecified atom stereocenters. The zero-order chi connectivity index (χ0) is 11.0. The second kappa shape index (κ2) is 3.95. The molecule has 0 aromatic rings. The number of ketones is 1. The first-order valence-corrected chi connectivity index (χ1v) is 5.99. The van der Waals surface area contributed by atoms with Gasteiger partial charge in [-0.1, -0.05) is 33.1 Å². The minimum atomic E-state index is -0.236. The topological polar surface area (TPSA) is 37.4 Å². The maximum Gasteiger partial charge on any atom is 0.293 e. The van der Waals surface area contributed by atoms with E-state index < -0.39 is 0 Å². The van der Waals surface area contributed by atoms with Crippen molar-refractivity contribution in [2.75, 3.05) is 0 Å². The first-order chi connectivity index (χ1) is 7.13. The Morgan fingerprint density at radius 1 is 1.13 bits per heavy atom. The third-order valence-electron chi connectivity index (χ3n) is 3.61. The summed E-state index contributed by atoms with van der Waals surface area (Å²) in [6.45, 7) is 4.04. The molecule has 0 bridgehead atoms. The van der Waals surface area contributed by atoms with Crippen molar-refractivity contribution in [2.24, 2.45) is 5.92 Å². The second-order valence-corrected chi connectivity index (χ2v) is 5.06. The standard InChI is InChI=1S/C12H19NO2/c1-8(2)10-11(14)12(15)13(10)9-6-4-3-5-7-9/h8-10H,3-7H2,1-2H3. The molecule has 1 heterocycles. The van der Waals surface area contributed by atoms with E-state index in [4.69, 9.17) is 0 Å². The van der Waals surface area contributed by atoms with Crippen molar-refractivity contribution in [3.63, 3.8) is 0 Å². The first-order valence-electron chi connectivity index (χ1n) is 5.99. The lowest BCUT2D eigenvalue weighted by Crippen LogP contribution is -2.67. The van der Waals surface area contributed by atoms with E-state index in [0.29, 0.717) is 6.04 Å². The summed E-state index contributed by atoms with van der Waals surface area (Å²) in [5.41, 5.74) is 0. The molecule has 0 spiro atoms. The van der Waals surface area contributed by atoms with Crippen molar-refractivity contribution in [1.82, 2.24) is 4.90 Å². The summed E-state index contributed by atoms with van der Waals surface area (Å²) in [6.07, 6.45) is 5.85. The highest BCUT2D eigenvalue weighted by Gasteiger charge is 2.50. The van der Waals surface area contributed by atoms with Crippen LogP contribution in [0.1, 0.15) is 46.0 Å². The molecule has 1 aliphatic carbocycles. The van der Waals surface area contributed by atoms with E-state index in [1.807, 2.05) is 18.7 Å². The highest BCUT2D eigenvalue weighted by Crippen LogP contribution is 2.32. The number of rotatable bonds is 2. The predicted octanol–water partition coefficient (Wildman–Crippen LogP) is 1.75. The van der Waals surface area contributed by atoms with Crippen LogP contribution in [0.3, 0.4) is 0 Å². The van der Waals surface area contributed by atoms with Gasteiger partial charge in [-0.2, -0.15) is 0 Å². The van der Waals surface area contributed by atoms with Crippen LogP contribution in [-0.4, -0.2) is 28.7 Å². The Kier molecular flexibility index (Phi) is 2.81. The molecule has 2 aliphatic rings. The summed E-state index contributed by atoms with van der Waals surface area (Å²) in [4.78, 5) is 24.9. The minimum Gasteiger partial charge on any atom is -0.322 e. The number of β-lactam (4-membered cyclic amide) rings is 1. The number of Topliss-reactive ketones (excluding diaryl/α,β-unsaturated/α-hetero) is 1. The molecule has 0 aromatic carbocycles. The lowest BCUT2D eigenvalue weighted by Gasteiger charge is -2.47. The fraction of sp³-hybridized carbons (Fsp3) is 0.833. The van der Waals surface area contributed by atoms with Crippen LogP contribution in [0.5, 0.6) is 0 Å². The SMILES string of the molecule is CC(C)C1C(=O)C(=O)N1C1CCCCC1. The van der Waals surface area contributed by atoms with Crippen molar-refractivity contribution < 1.29 is 9.59 Å². The van der Waals surface area contributed by atoms with E-state index in [-0.39, 0.29) is 23.7 Å². The average molecular weight is 209 g/mol. The molecular formula is C12H19NO2. The Labute approximate surface area is 90.8 Å². The van der Waals surface area contributed by atoms with Crippen LogP contribution < -0.4 is 0 Å². The fourth-order valence-electron chi connectivity index (χ4n) is 2.82. The first kappa shape index (κ1) is 10.7. The molecule has 1 atom stereocenters. The van der Waals surface area contributed by atoms with Crippen LogP contribution in [0.4, 0.5) is 0 Å². The average Bonchev–Trinajstić information content (AvgIpc) is 2.25. The van der Waals surface area contributed by atoms with Crippen molar-refractivity contribution >= 4 is 11.7 Å². The molecule has 2 fully saturated rings.